The summed E-state index contributed by atoms with van der Waals surface area (Å²) in [6.45, 7) is 7.15. The number of hydrogen-bond donors (Lipinski definition) is 1. The predicted molar refractivity (Wildman–Crippen MR) is 88.4 cm³/mol. The summed E-state index contributed by atoms with van der Waals surface area (Å²) in [7, 11) is 4.43. The minimum absolute atomic E-state index is 0.576. The summed E-state index contributed by atoms with van der Waals surface area (Å²) in [6, 6.07) is 9.56. The fourth-order valence-corrected chi connectivity index (χ4v) is 2.95. The van der Waals surface area contributed by atoms with Gasteiger partial charge in [0.25, 0.3) is 0 Å². The highest BCUT2D eigenvalue weighted by molar-refractivity contribution is 5.23. The van der Waals surface area contributed by atoms with Crippen molar-refractivity contribution in [3.63, 3.8) is 0 Å². The molecule has 0 radical (unpaired) electrons. The Morgan fingerprint density at radius 3 is 2.38 bits per heavy atom. The minimum atomic E-state index is -0.576. The fraction of sp³-hybridized carbons (Fsp3) is 0.667. The lowest BCUT2D eigenvalue weighted by molar-refractivity contribution is 0.0714. The molecular formula is C18H30N2O. The topological polar surface area (TPSA) is 26.7 Å². The molecule has 1 atom stereocenters. The van der Waals surface area contributed by atoms with Gasteiger partial charge in [-0.05, 0) is 64.9 Å². The second-order valence-electron chi connectivity index (χ2n) is 7.25. The van der Waals surface area contributed by atoms with Gasteiger partial charge in [0.15, 0.2) is 0 Å². The molecule has 1 saturated heterocycles. The van der Waals surface area contributed by atoms with Crippen LogP contribution in [0.25, 0.3) is 0 Å². The molecule has 1 N–H and O–H groups in total. The molecule has 1 aliphatic rings. The van der Waals surface area contributed by atoms with Crippen LogP contribution in [0.15, 0.2) is 24.3 Å². The van der Waals surface area contributed by atoms with Gasteiger partial charge in [-0.15, -0.1) is 0 Å². The molecule has 1 heterocycles. The number of aryl methyl sites for hydroxylation is 1. The molecular weight excluding hydrogens is 260 g/mol. The first-order valence-electron chi connectivity index (χ1n) is 8.02. The third-order valence-electron chi connectivity index (χ3n) is 4.47. The number of likely N-dealkylation sites (N-methyl/N-ethyl adjacent to an activating group) is 2. The Morgan fingerprint density at radius 2 is 1.86 bits per heavy atom. The molecule has 0 amide bonds. The Hall–Kier alpha value is -0.900. The van der Waals surface area contributed by atoms with Crippen molar-refractivity contribution in [2.24, 2.45) is 0 Å². The van der Waals surface area contributed by atoms with Gasteiger partial charge in [-0.2, -0.15) is 0 Å². The summed E-state index contributed by atoms with van der Waals surface area (Å²) in [5.74, 6) is 0. The maximum atomic E-state index is 9.78. The van der Waals surface area contributed by atoms with Gasteiger partial charge in [-0.3, -0.25) is 4.90 Å². The van der Waals surface area contributed by atoms with E-state index in [-0.39, 0.29) is 0 Å². The summed E-state index contributed by atoms with van der Waals surface area (Å²) in [5.41, 5.74) is 2.11. The molecule has 1 aromatic carbocycles. The van der Waals surface area contributed by atoms with Gasteiger partial charge in [0.1, 0.15) is 0 Å². The highest BCUT2D eigenvalue weighted by Crippen LogP contribution is 2.17. The van der Waals surface area contributed by atoms with E-state index in [1.54, 1.807) is 0 Å². The van der Waals surface area contributed by atoms with Gasteiger partial charge in [-0.25, -0.2) is 0 Å². The summed E-state index contributed by atoms with van der Waals surface area (Å²) in [5, 5.41) is 9.78. The van der Waals surface area contributed by atoms with E-state index >= 15 is 0 Å². The van der Waals surface area contributed by atoms with E-state index in [1.165, 1.54) is 30.6 Å². The van der Waals surface area contributed by atoms with Crippen molar-refractivity contribution < 1.29 is 5.11 Å². The van der Waals surface area contributed by atoms with E-state index in [0.29, 0.717) is 6.04 Å². The molecule has 0 aliphatic carbocycles. The lowest BCUT2D eigenvalue weighted by Gasteiger charge is -2.24. The highest BCUT2D eigenvalue weighted by atomic mass is 16.3. The molecule has 3 nitrogen and oxygen atoms in total. The smallest absolute Gasteiger partial charge is 0.0594 e. The summed E-state index contributed by atoms with van der Waals surface area (Å²) < 4.78 is 0. The van der Waals surface area contributed by atoms with Crippen LogP contribution in [-0.4, -0.2) is 53.7 Å². The van der Waals surface area contributed by atoms with Crippen LogP contribution in [0.5, 0.6) is 0 Å². The van der Waals surface area contributed by atoms with Crippen LogP contribution >= 0.6 is 0 Å². The van der Waals surface area contributed by atoms with Gasteiger partial charge in [-0.1, -0.05) is 24.3 Å². The Kier molecular flexibility index (Phi) is 5.42. The zero-order valence-corrected chi connectivity index (χ0v) is 14.0. The van der Waals surface area contributed by atoms with Crippen molar-refractivity contribution in [1.82, 2.24) is 9.80 Å². The standard InChI is InChI=1S/C18H30N2O/c1-18(2,21)11-9-15-5-7-16(8-6-15)13-20(4)17-10-12-19(3)14-17/h5-8,17,21H,9-14H2,1-4H3/t17-/m0/s1. The van der Waals surface area contributed by atoms with E-state index in [0.717, 1.165) is 19.4 Å². The average molecular weight is 290 g/mol. The Morgan fingerprint density at radius 1 is 1.24 bits per heavy atom. The van der Waals surface area contributed by atoms with Crippen molar-refractivity contribution in [3.05, 3.63) is 35.4 Å². The Labute approximate surface area is 129 Å². The second kappa shape index (κ2) is 6.91. The third kappa shape index (κ3) is 5.42. The quantitative estimate of drug-likeness (QED) is 0.872. The van der Waals surface area contributed by atoms with Crippen LogP contribution in [-0.2, 0) is 13.0 Å². The number of nitrogens with zero attached hydrogens (tertiary/aromatic N) is 2. The van der Waals surface area contributed by atoms with Gasteiger partial charge >= 0.3 is 0 Å². The van der Waals surface area contributed by atoms with Crippen LogP contribution in [0.2, 0.25) is 0 Å². The number of benzene rings is 1. The lowest BCUT2D eigenvalue weighted by atomic mass is 9.98. The zero-order valence-electron chi connectivity index (χ0n) is 14.0. The minimum Gasteiger partial charge on any atom is -0.390 e. The van der Waals surface area contributed by atoms with E-state index in [1.807, 2.05) is 13.8 Å². The average Bonchev–Trinajstić information content (AvgIpc) is 2.84. The van der Waals surface area contributed by atoms with E-state index < -0.39 is 5.60 Å². The summed E-state index contributed by atoms with van der Waals surface area (Å²) in [6.07, 6.45) is 3.02. The number of rotatable bonds is 6. The third-order valence-corrected chi connectivity index (χ3v) is 4.47. The number of likely N-dealkylation sites (tertiary alicyclic amines) is 1. The van der Waals surface area contributed by atoms with Crippen LogP contribution < -0.4 is 0 Å². The SMILES string of the molecule is CN1CC[C@H](N(C)Cc2ccc(CCC(C)(C)O)cc2)C1. The fourth-order valence-electron chi connectivity index (χ4n) is 2.95. The molecule has 1 fully saturated rings. The molecule has 3 heteroatoms. The molecule has 0 spiro atoms. The molecule has 0 unspecified atom stereocenters. The maximum Gasteiger partial charge on any atom is 0.0594 e. The van der Waals surface area contributed by atoms with E-state index in [2.05, 4.69) is 48.2 Å². The first kappa shape index (κ1) is 16.5. The first-order chi connectivity index (χ1) is 9.83. The van der Waals surface area contributed by atoms with Gasteiger partial charge in [0, 0.05) is 19.1 Å². The van der Waals surface area contributed by atoms with Gasteiger partial charge < -0.3 is 10.0 Å². The Balaban J connectivity index is 1.84. The number of hydrogen-bond acceptors (Lipinski definition) is 3. The molecule has 2 rings (SSSR count). The van der Waals surface area contributed by atoms with Crippen LogP contribution in [0.4, 0.5) is 0 Å². The monoisotopic (exact) mass is 290 g/mol. The Bertz CT molecular complexity index is 436. The van der Waals surface area contributed by atoms with Crippen molar-refractivity contribution in [1.29, 1.82) is 0 Å². The molecule has 118 valence electrons. The van der Waals surface area contributed by atoms with Crippen molar-refractivity contribution in [2.75, 3.05) is 27.2 Å². The first-order valence-corrected chi connectivity index (χ1v) is 8.02. The van der Waals surface area contributed by atoms with Crippen molar-refractivity contribution in [2.45, 2.75) is 51.3 Å². The van der Waals surface area contributed by atoms with E-state index in [4.69, 9.17) is 0 Å². The number of aliphatic hydroxyl groups is 1. The predicted octanol–water partition coefficient (Wildman–Crippen LogP) is 2.53. The maximum absolute atomic E-state index is 9.78. The van der Waals surface area contributed by atoms with Crippen LogP contribution in [0.3, 0.4) is 0 Å². The normalized spacial score (nSPS) is 20.4. The molecule has 1 aliphatic heterocycles. The van der Waals surface area contributed by atoms with E-state index in [9.17, 15) is 5.11 Å². The summed E-state index contributed by atoms with van der Waals surface area (Å²) >= 11 is 0. The van der Waals surface area contributed by atoms with Gasteiger partial charge in [0.2, 0.25) is 0 Å². The van der Waals surface area contributed by atoms with Gasteiger partial charge in [0.05, 0.1) is 5.60 Å². The van der Waals surface area contributed by atoms with Crippen LogP contribution in [0.1, 0.15) is 37.8 Å². The van der Waals surface area contributed by atoms with Crippen LogP contribution in [0, 0.1) is 0 Å². The molecule has 1 aromatic rings. The second-order valence-corrected chi connectivity index (χ2v) is 7.25. The lowest BCUT2D eigenvalue weighted by Crippen LogP contribution is -2.33. The molecule has 0 bridgehead atoms. The zero-order chi connectivity index (χ0) is 15.5. The largest absolute Gasteiger partial charge is 0.390 e. The highest BCUT2D eigenvalue weighted by Gasteiger charge is 2.23. The van der Waals surface area contributed by atoms with Crippen molar-refractivity contribution >= 4 is 0 Å². The molecule has 0 aromatic heterocycles. The molecule has 21 heavy (non-hydrogen) atoms. The van der Waals surface area contributed by atoms with Crippen molar-refractivity contribution in [3.8, 4) is 0 Å². The summed E-state index contributed by atoms with van der Waals surface area (Å²) in [4.78, 5) is 4.87. The molecule has 0 saturated carbocycles.